The molecule has 1 fully saturated rings. The summed E-state index contributed by atoms with van der Waals surface area (Å²) in [5.41, 5.74) is 0.597. The van der Waals surface area contributed by atoms with Crippen molar-refractivity contribution >= 4 is 27.0 Å². The molecule has 0 atom stereocenters. The summed E-state index contributed by atoms with van der Waals surface area (Å²) in [6.45, 7) is 0.634. The maximum Gasteiger partial charge on any atom is 0.280 e. The van der Waals surface area contributed by atoms with Crippen LogP contribution in [0.3, 0.4) is 0 Å². The fourth-order valence-corrected chi connectivity index (χ4v) is 3.59. The van der Waals surface area contributed by atoms with Crippen molar-refractivity contribution in [2.45, 2.75) is 32.2 Å². The van der Waals surface area contributed by atoms with E-state index < -0.39 is 0 Å². The van der Waals surface area contributed by atoms with Crippen molar-refractivity contribution in [1.82, 2.24) is 24.8 Å². The van der Waals surface area contributed by atoms with Crippen LogP contribution in [0.5, 0.6) is 0 Å². The van der Waals surface area contributed by atoms with Crippen LogP contribution in [0.2, 0.25) is 0 Å². The van der Waals surface area contributed by atoms with Crippen LogP contribution in [0, 0.1) is 5.41 Å². The number of hydrogen-bond acceptors (Lipinski definition) is 4. The van der Waals surface area contributed by atoms with E-state index in [0.717, 1.165) is 18.2 Å². The van der Waals surface area contributed by atoms with Gasteiger partial charge in [0.15, 0.2) is 5.65 Å². The van der Waals surface area contributed by atoms with E-state index in [1.165, 1.54) is 17.5 Å². The van der Waals surface area contributed by atoms with Crippen LogP contribution in [-0.4, -0.2) is 30.1 Å². The fourth-order valence-electron chi connectivity index (χ4n) is 2.86. The first-order valence-corrected chi connectivity index (χ1v) is 7.59. The summed E-state index contributed by atoms with van der Waals surface area (Å²) in [6, 6.07) is 0. The molecule has 2 heterocycles. The molecule has 0 amide bonds. The highest BCUT2D eigenvalue weighted by molar-refractivity contribution is 9.09. The lowest BCUT2D eigenvalue weighted by atomic mass is 9.89. The van der Waals surface area contributed by atoms with Crippen LogP contribution >= 0.6 is 15.9 Å². The van der Waals surface area contributed by atoms with Crippen molar-refractivity contribution in [3.8, 4) is 0 Å². The van der Waals surface area contributed by atoms with Crippen LogP contribution in [-0.2, 0) is 13.6 Å². The molecule has 7 heteroatoms. The third kappa shape index (κ3) is 2.09. The van der Waals surface area contributed by atoms with Gasteiger partial charge in [-0.1, -0.05) is 34.0 Å². The number of aromatic nitrogens is 5. The van der Waals surface area contributed by atoms with Gasteiger partial charge in [-0.3, -0.25) is 4.79 Å². The molecule has 0 aliphatic heterocycles. The lowest BCUT2D eigenvalue weighted by Crippen LogP contribution is -2.34. The van der Waals surface area contributed by atoms with E-state index >= 15 is 0 Å². The quantitative estimate of drug-likeness (QED) is 0.802. The Bertz CT molecular complexity index is 656. The molecule has 0 saturated heterocycles. The zero-order valence-electron chi connectivity index (χ0n) is 10.8. The summed E-state index contributed by atoms with van der Waals surface area (Å²) in [7, 11) is 1.76. The number of halogens is 1. The molecule has 19 heavy (non-hydrogen) atoms. The Labute approximate surface area is 118 Å². The van der Waals surface area contributed by atoms with Crippen molar-refractivity contribution < 1.29 is 0 Å². The minimum absolute atomic E-state index is 0.0923. The zero-order chi connectivity index (χ0) is 13.5. The first-order valence-electron chi connectivity index (χ1n) is 6.47. The van der Waals surface area contributed by atoms with Crippen LogP contribution in [0.25, 0.3) is 11.0 Å². The minimum atomic E-state index is -0.0923. The Hall–Kier alpha value is -1.24. The van der Waals surface area contributed by atoms with Gasteiger partial charge in [0.1, 0.15) is 5.39 Å². The van der Waals surface area contributed by atoms with Gasteiger partial charge in [-0.2, -0.15) is 5.10 Å². The van der Waals surface area contributed by atoms with Crippen molar-refractivity contribution in [3.63, 3.8) is 0 Å². The molecule has 3 rings (SSSR count). The summed E-state index contributed by atoms with van der Waals surface area (Å²) in [5.74, 6) is 0. The molecule has 0 aromatic carbocycles. The Morgan fingerprint density at radius 1 is 1.42 bits per heavy atom. The number of aryl methyl sites for hydroxylation is 1. The molecular formula is C12H16BrN5O. The van der Waals surface area contributed by atoms with Crippen molar-refractivity contribution in [2.24, 2.45) is 12.5 Å². The van der Waals surface area contributed by atoms with Gasteiger partial charge in [-0.15, -0.1) is 5.10 Å². The highest BCUT2D eigenvalue weighted by Crippen LogP contribution is 2.40. The molecule has 0 N–H and O–H groups in total. The molecule has 2 aromatic heterocycles. The summed E-state index contributed by atoms with van der Waals surface area (Å²) in [4.78, 5) is 12.4. The van der Waals surface area contributed by atoms with Crippen molar-refractivity contribution in [3.05, 3.63) is 16.6 Å². The van der Waals surface area contributed by atoms with Gasteiger partial charge in [-0.25, -0.2) is 9.36 Å². The number of hydrogen-bond donors (Lipinski definition) is 0. The van der Waals surface area contributed by atoms with E-state index in [9.17, 15) is 4.79 Å². The van der Waals surface area contributed by atoms with Gasteiger partial charge in [0.05, 0.1) is 12.7 Å². The van der Waals surface area contributed by atoms with E-state index in [0.29, 0.717) is 17.6 Å². The van der Waals surface area contributed by atoms with Crippen LogP contribution in [0.15, 0.2) is 11.0 Å². The third-order valence-corrected chi connectivity index (χ3v) is 5.24. The molecule has 0 spiro atoms. The summed E-state index contributed by atoms with van der Waals surface area (Å²) < 4.78 is 3.07. The molecule has 1 aliphatic carbocycles. The number of alkyl halides is 1. The van der Waals surface area contributed by atoms with Crippen LogP contribution in [0.1, 0.15) is 25.7 Å². The van der Waals surface area contributed by atoms with Gasteiger partial charge in [0.25, 0.3) is 5.56 Å². The van der Waals surface area contributed by atoms with Gasteiger partial charge >= 0.3 is 0 Å². The molecule has 0 bridgehead atoms. The highest BCUT2D eigenvalue weighted by Gasteiger charge is 2.34. The van der Waals surface area contributed by atoms with E-state index in [2.05, 4.69) is 31.3 Å². The number of rotatable bonds is 3. The maximum atomic E-state index is 12.4. The molecule has 6 nitrogen and oxygen atoms in total. The molecule has 0 radical (unpaired) electrons. The Kier molecular flexibility index (Phi) is 3.16. The third-order valence-electron chi connectivity index (χ3n) is 4.05. The van der Waals surface area contributed by atoms with Gasteiger partial charge in [0.2, 0.25) is 0 Å². The highest BCUT2D eigenvalue weighted by atomic mass is 79.9. The average Bonchev–Trinajstić information content (AvgIpc) is 3.02. The largest absolute Gasteiger partial charge is 0.280 e. The minimum Gasteiger partial charge on any atom is -0.267 e. The maximum absolute atomic E-state index is 12.4. The van der Waals surface area contributed by atoms with Crippen molar-refractivity contribution in [1.29, 1.82) is 0 Å². The number of nitrogens with zero attached hydrogens (tertiary/aromatic N) is 5. The Balaban J connectivity index is 2.01. The van der Waals surface area contributed by atoms with E-state index in [4.69, 9.17) is 0 Å². The van der Waals surface area contributed by atoms with Crippen LogP contribution < -0.4 is 5.56 Å². The molecule has 2 aromatic rings. The summed E-state index contributed by atoms with van der Waals surface area (Å²) >= 11 is 3.59. The van der Waals surface area contributed by atoms with Gasteiger partial charge in [0, 0.05) is 12.4 Å². The zero-order valence-corrected chi connectivity index (χ0v) is 12.4. The second kappa shape index (κ2) is 4.70. The topological polar surface area (TPSA) is 65.6 Å². The monoisotopic (exact) mass is 325 g/mol. The normalized spacial score (nSPS) is 18.2. The first-order chi connectivity index (χ1) is 9.15. The van der Waals surface area contributed by atoms with Crippen LogP contribution in [0.4, 0.5) is 0 Å². The predicted molar refractivity (Wildman–Crippen MR) is 75.3 cm³/mol. The van der Waals surface area contributed by atoms with Crippen molar-refractivity contribution in [2.75, 3.05) is 5.33 Å². The lowest BCUT2D eigenvalue weighted by Gasteiger charge is -2.26. The predicted octanol–water partition coefficient (Wildman–Crippen LogP) is 1.48. The smallest absolute Gasteiger partial charge is 0.267 e. The van der Waals surface area contributed by atoms with Gasteiger partial charge < -0.3 is 0 Å². The Morgan fingerprint density at radius 3 is 2.84 bits per heavy atom. The molecule has 1 saturated carbocycles. The lowest BCUT2D eigenvalue weighted by molar-refractivity contribution is 0.267. The standard InChI is InChI=1S/C12H16BrN5O/c1-17-10-9(6-14-17)11(19)18(16-15-10)8-12(7-13)4-2-3-5-12/h6H,2-5,7-8H2,1H3. The Morgan fingerprint density at radius 2 is 2.16 bits per heavy atom. The fraction of sp³-hybridized carbons (Fsp3) is 0.667. The number of fused-ring (bicyclic) bond motifs is 1. The summed E-state index contributed by atoms with van der Waals surface area (Å²) in [5, 5.41) is 13.7. The molecule has 1 aliphatic rings. The van der Waals surface area contributed by atoms with E-state index in [-0.39, 0.29) is 11.0 Å². The summed E-state index contributed by atoms with van der Waals surface area (Å²) in [6.07, 6.45) is 6.29. The second-order valence-corrected chi connectivity index (χ2v) is 5.96. The van der Waals surface area contributed by atoms with Gasteiger partial charge in [-0.05, 0) is 18.3 Å². The molecule has 102 valence electrons. The van der Waals surface area contributed by atoms with E-state index in [1.54, 1.807) is 17.9 Å². The SMILES string of the molecule is Cn1ncc2c(=O)n(CC3(CBr)CCCC3)nnc21. The van der Waals surface area contributed by atoms with E-state index in [1.807, 2.05) is 0 Å². The average molecular weight is 326 g/mol. The first kappa shape index (κ1) is 12.8. The molecular weight excluding hydrogens is 310 g/mol. The second-order valence-electron chi connectivity index (χ2n) is 5.40. The molecule has 0 unspecified atom stereocenters.